The lowest BCUT2D eigenvalue weighted by Crippen LogP contribution is -2.50. The largest absolute Gasteiger partial charge is 0.380 e. The van der Waals surface area contributed by atoms with E-state index >= 15 is 0 Å². The lowest BCUT2D eigenvalue weighted by Gasteiger charge is -2.36. The fourth-order valence-corrected chi connectivity index (χ4v) is 4.77. The number of aliphatic hydroxyl groups is 1. The minimum absolute atomic E-state index is 0.0299. The summed E-state index contributed by atoms with van der Waals surface area (Å²) >= 11 is 0. The minimum Gasteiger partial charge on any atom is -0.380 e. The Morgan fingerprint density at radius 1 is 1.25 bits per heavy atom. The van der Waals surface area contributed by atoms with Gasteiger partial charge in [-0.3, -0.25) is 14.6 Å². The van der Waals surface area contributed by atoms with Crippen LogP contribution in [0.5, 0.6) is 0 Å². The van der Waals surface area contributed by atoms with Crippen molar-refractivity contribution in [2.24, 2.45) is 0 Å². The summed E-state index contributed by atoms with van der Waals surface area (Å²) in [4.78, 5) is 26.3. The normalized spacial score (nSPS) is 19.2. The molecule has 1 aromatic heterocycles. The predicted molar refractivity (Wildman–Crippen MR) is 114 cm³/mol. The molecule has 3 N–H and O–H groups in total. The van der Waals surface area contributed by atoms with Gasteiger partial charge in [-0.15, -0.1) is 0 Å². The second-order valence-electron chi connectivity index (χ2n) is 8.59. The Kier molecular flexibility index (Phi) is 5.40. The molecule has 4 rings (SSSR count). The number of fused-ring (bicyclic) bond motifs is 1. The van der Waals surface area contributed by atoms with E-state index in [4.69, 9.17) is 9.94 Å². The molecule has 32 heavy (non-hydrogen) atoms. The van der Waals surface area contributed by atoms with Crippen molar-refractivity contribution in [2.75, 3.05) is 26.0 Å². The van der Waals surface area contributed by atoms with Gasteiger partial charge in [-0.05, 0) is 30.5 Å². The predicted octanol–water partition coefficient (Wildman–Crippen LogP) is 0.855. The molecule has 2 aliphatic rings. The second kappa shape index (κ2) is 7.69. The van der Waals surface area contributed by atoms with Crippen LogP contribution in [0.1, 0.15) is 24.6 Å². The number of rotatable bonds is 7. The molecule has 10 nitrogen and oxygen atoms in total. The molecule has 2 amide bonds. The maximum absolute atomic E-state index is 12.8. The molecule has 11 heteroatoms. The summed E-state index contributed by atoms with van der Waals surface area (Å²) in [7, 11) is -3.84. The van der Waals surface area contributed by atoms with Crippen LogP contribution in [0.2, 0.25) is 0 Å². The van der Waals surface area contributed by atoms with Crippen molar-refractivity contribution in [3.05, 3.63) is 47.8 Å². The van der Waals surface area contributed by atoms with Gasteiger partial charge in [0, 0.05) is 30.3 Å². The summed E-state index contributed by atoms with van der Waals surface area (Å²) in [6.07, 6.45) is 2.48. The Morgan fingerprint density at radius 2 is 1.91 bits per heavy atom. The van der Waals surface area contributed by atoms with Crippen LogP contribution in [0.3, 0.4) is 0 Å². The third kappa shape index (κ3) is 3.60. The molecule has 1 aromatic carbocycles. The molecular formula is C21H25N3O7S. The molecule has 0 radical (unpaired) electrons. The quantitative estimate of drug-likeness (QED) is 0.409. The molecule has 1 saturated heterocycles. The molecule has 0 aliphatic carbocycles. The first kappa shape index (κ1) is 22.5. The van der Waals surface area contributed by atoms with E-state index in [1.54, 1.807) is 6.20 Å². The summed E-state index contributed by atoms with van der Waals surface area (Å²) in [6.45, 7) is 2.07. The first-order valence-corrected chi connectivity index (χ1v) is 11.9. The number of nitrogens with one attached hydrogen (secondary N) is 1. The van der Waals surface area contributed by atoms with Crippen molar-refractivity contribution >= 4 is 21.8 Å². The van der Waals surface area contributed by atoms with Crippen LogP contribution in [0.15, 0.2) is 36.5 Å². The number of aromatic nitrogens is 1. The molecule has 2 aromatic rings. The maximum Gasteiger partial charge on any atom is 0.328 e. The second-order valence-corrected chi connectivity index (χ2v) is 11.0. The van der Waals surface area contributed by atoms with Gasteiger partial charge in [-0.2, -0.15) is 0 Å². The van der Waals surface area contributed by atoms with E-state index in [9.17, 15) is 23.1 Å². The van der Waals surface area contributed by atoms with Gasteiger partial charge < -0.3 is 14.7 Å². The molecule has 0 unspecified atom stereocenters. The summed E-state index contributed by atoms with van der Waals surface area (Å²) in [5.74, 6) is -1.03. The van der Waals surface area contributed by atoms with Crippen molar-refractivity contribution < 1.29 is 33.1 Å². The Labute approximate surface area is 185 Å². The van der Waals surface area contributed by atoms with Gasteiger partial charge in [0.05, 0.1) is 19.8 Å². The van der Waals surface area contributed by atoms with Crippen LogP contribution in [0, 0.1) is 0 Å². The van der Waals surface area contributed by atoms with E-state index in [0.29, 0.717) is 0 Å². The van der Waals surface area contributed by atoms with E-state index in [1.807, 2.05) is 30.3 Å². The monoisotopic (exact) mass is 463 g/mol. The van der Waals surface area contributed by atoms with Gasteiger partial charge in [-0.1, -0.05) is 24.3 Å². The van der Waals surface area contributed by atoms with E-state index in [-0.39, 0.29) is 38.8 Å². The Hall–Kier alpha value is -2.73. The van der Waals surface area contributed by atoms with Crippen LogP contribution in [0.25, 0.3) is 11.1 Å². The number of sulfone groups is 1. The zero-order valence-electron chi connectivity index (χ0n) is 17.7. The van der Waals surface area contributed by atoms with Gasteiger partial charge in [-0.25, -0.2) is 18.7 Å². The molecule has 1 fully saturated rings. The summed E-state index contributed by atoms with van der Waals surface area (Å²) < 4.78 is 29.0. The van der Waals surface area contributed by atoms with E-state index in [2.05, 4.69) is 0 Å². The van der Waals surface area contributed by atoms with E-state index in [1.165, 1.54) is 21.9 Å². The SMILES string of the molecule is C[C@](CCN1Cc2cc(-c3ccc(C4(O)COC4)cc3)cn2C1=O)(C(=O)NO)S(C)(=O)=O. The smallest absolute Gasteiger partial charge is 0.328 e. The molecule has 1 atom stereocenters. The van der Waals surface area contributed by atoms with Gasteiger partial charge >= 0.3 is 6.03 Å². The first-order valence-electron chi connectivity index (χ1n) is 10.0. The average molecular weight is 464 g/mol. The van der Waals surface area contributed by atoms with Crippen LogP contribution in [-0.2, 0) is 31.5 Å². The highest BCUT2D eigenvalue weighted by atomic mass is 32.2. The first-order chi connectivity index (χ1) is 15.0. The minimum atomic E-state index is -3.84. The fraction of sp³-hybridized carbons (Fsp3) is 0.429. The number of ether oxygens (including phenoxy) is 1. The number of nitrogens with zero attached hydrogens (tertiary/aromatic N) is 2. The summed E-state index contributed by atoms with van der Waals surface area (Å²) in [6, 6.07) is 9.00. The lowest BCUT2D eigenvalue weighted by atomic mass is 9.91. The average Bonchev–Trinajstić information content (AvgIpc) is 3.28. The van der Waals surface area contributed by atoms with Gasteiger partial charge in [0.25, 0.3) is 5.91 Å². The van der Waals surface area contributed by atoms with E-state index in [0.717, 1.165) is 28.6 Å². The third-order valence-corrected chi connectivity index (χ3v) is 8.45. The molecule has 172 valence electrons. The zero-order chi connectivity index (χ0) is 23.3. The number of carbonyl (C=O) groups excluding carboxylic acids is 2. The van der Waals surface area contributed by atoms with Crippen LogP contribution in [-0.4, -0.2) is 70.9 Å². The highest BCUT2D eigenvalue weighted by Crippen LogP contribution is 2.33. The van der Waals surface area contributed by atoms with Crippen LogP contribution >= 0.6 is 0 Å². The van der Waals surface area contributed by atoms with Gasteiger partial charge in [0.15, 0.2) is 14.6 Å². The van der Waals surface area contributed by atoms with Gasteiger partial charge in [0.2, 0.25) is 0 Å². The number of hydrogen-bond donors (Lipinski definition) is 3. The zero-order valence-corrected chi connectivity index (χ0v) is 18.6. The standard InChI is InChI=1S/C21H25N3O7S/c1-20(18(25)22-28,32(2,29)30)7-8-23-11-17-9-15(10-24(17)19(23)26)14-3-5-16(6-4-14)21(27)12-31-13-21/h3-6,9-10,27-28H,7-8,11-13H2,1-2H3,(H,22,25)/t20-/m0/s1. The lowest BCUT2D eigenvalue weighted by molar-refractivity contribution is -0.184. The molecule has 0 saturated carbocycles. The number of carbonyl (C=O) groups is 2. The van der Waals surface area contributed by atoms with E-state index < -0.39 is 26.1 Å². The van der Waals surface area contributed by atoms with Crippen molar-refractivity contribution in [3.8, 4) is 11.1 Å². The molecular weight excluding hydrogens is 438 g/mol. The number of hydrogen-bond acceptors (Lipinski definition) is 7. The van der Waals surface area contributed by atoms with Crippen LogP contribution in [0.4, 0.5) is 4.79 Å². The Balaban J connectivity index is 1.47. The number of benzene rings is 1. The number of amides is 2. The third-order valence-electron chi connectivity index (χ3n) is 6.43. The van der Waals surface area contributed by atoms with Gasteiger partial charge in [0.1, 0.15) is 5.60 Å². The molecule has 2 aliphatic heterocycles. The summed E-state index contributed by atoms with van der Waals surface area (Å²) in [5.41, 5.74) is 3.73. The number of hydroxylamine groups is 1. The van der Waals surface area contributed by atoms with Crippen molar-refractivity contribution in [2.45, 2.75) is 30.2 Å². The molecule has 3 heterocycles. The Morgan fingerprint density at radius 3 is 2.41 bits per heavy atom. The molecule has 0 spiro atoms. The fourth-order valence-electron chi connectivity index (χ4n) is 3.93. The topological polar surface area (TPSA) is 138 Å². The molecule has 0 bridgehead atoms. The van der Waals surface area contributed by atoms with Crippen molar-refractivity contribution in [3.63, 3.8) is 0 Å². The summed E-state index contributed by atoms with van der Waals surface area (Å²) in [5, 5.41) is 19.3. The highest BCUT2D eigenvalue weighted by Gasteiger charge is 2.44. The maximum atomic E-state index is 12.8. The van der Waals surface area contributed by atoms with Crippen molar-refractivity contribution in [1.29, 1.82) is 0 Å². The highest BCUT2D eigenvalue weighted by molar-refractivity contribution is 7.92. The Bertz CT molecular complexity index is 1170. The van der Waals surface area contributed by atoms with Crippen LogP contribution < -0.4 is 5.48 Å². The van der Waals surface area contributed by atoms with Crippen molar-refractivity contribution in [1.82, 2.24) is 14.9 Å².